The normalized spacial score (nSPS) is 14.5. The third-order valence-corrected chi connectivity index (χ3v) is 4.56. The summed E-state index contributed by atoms with van der Waals surface area (Å²) in [7, 11) is 0. The summed E-state index contributed by atoms with van der Waals surface area (Å²) >= 11 is 0. The SMILES string of the molecule is CCN(c1cccc(C)c1)c1cncc(C(=O)N2CCCCC2)c1. The van der Waals surface area contributed by atoms with E-state index < -0.39 is 0 Å². The summed E-state index contributed by atoms with van der Waals surface area (Å²) in [6, 6.07) is 10.4. The Morgan fingerprint density at radius 2 is 1.92 bits per heavy atom. The maximum Gasteiger partial charge on any atom is 0.255 e. The fourth-order valence-corrected chi connectivity index (χ4v) is 3.28. The van der Waals surface area contributed by atoms with E-state index >= 15 is 0 Å². The Kier molecular flexibility index (Phi) is 5.14. The van der Waals surface area contributed by atoms with Crippen LogP contribution in [0.15, 0.2) is 42.7 Å². The van der Waals surface area contributed by atoms with Crippen molar-refractivity contribution in [3.8, 4) is 0 Å². The van der Waals surface area contributed by atoms with Gasteiger partial charge in [-0.05, 0) is 56.9 Å². The number of hydrogen-bond donors (Lipinski definition) is 0. The van der Waals surface area contributed by atoms with E-state index in [0.29, 0.717) is 5.56 Å². The number of pyridine rings is 1. The molecule has 2 heterocycles. The van der Waals surface area contributed by atoms with E-state index in [0.717, 1.165) is 43.9 Å². The Bertz CT molecular complexity index is 708. The van der Waals surface area contributed by atoms with Crippen molar-refractivity contribution in [3.05, 3.63) is 53.9 Å². The highest BCUT2D eigenvalue weighted by Crippen LogP contribution is 2.26. The summed E-state index contributed by atoms with van der Waals surface area (Å²) in [6.07, 6.45) is 6.94. The van der Waals surface area contributed by atoms with Crippen LogP contribution in [0.2, 0.25) is 0 Å². The molecule has 1 aromatic carbocycles. The highest BCUT2D eigenvalue weighted by Gasteiger charge is 2.19. The molecule has 2 aromatic rings. The first-order chi connectivity index (χ1) is 11.7. The number of aromatic nitrogens is 1. The molecule has 1 aliphatic heterocycles. The lowest BCUT2D eigenvalue weighted by Crippen LogP contribution is -2.35. The highest BCUT2D eigenvalue weighted by atomic mass is 16.2. The van der Waals surface area contributed by atoms with E-state index in [4.69, 9.17) is 0 Å². The van der Waals surface area contributed by atoms with Gasteiger partial charge >= 0.3 is 0 Å². The molecule has 1 aliphatic rings. The van der Waals surface area contributed by atoms with Crippen LogP contribution in [-0.4, -0.2) is 35.4 Å². The number of carbonyl (C=O) groups excluding carboxylic acids is 1. The van der Waals surface area contributed by atoms with Crippen molar-refractivity contribution >= 4 is 17.3 Å². The summed E-state index contributed by atoms with van der Waals surface area (Å²) in [4.78, 5) is 21.2. The first-order valence-electron chi connectivity index (χ1n) is 8.77. The van der Waals surface area contributed by atoms with Crippen molar-refractivity contribution in [2.75, 3.05) is 24.5 Å². The van der Waals surface area contributed by atoms with E-state index in [-0.39, 0.29) is 5.91 Å². The van der Waals surface area contributed by atoms with Crippen molar-refractivity contribution in [1.82, 2.24) is 9.88 Å². The molecule has 3 rings (SSSR count). The zero-order valence-electron chi connectivity index (χ0n) is 14.5. The van der Waals surface area contributed by atoms with Crippen molar-refractivity contribution in [3.63, 3.8) is 0 Å². The van der Waals surface area contributed by atoms with Crippen LogP contribution < -0.4 is 4.90 Å². The molecule has 0 unspecified atom stereocenters. The van der Waals surface area contributed by atoms with Crippen molar-refractivity contribution in [2.24, 2.45) is 0 Å². The molecular weight excluding hydrogens is 298 g/mol. The lowest BCUT2D eigenvalue weighted by atomic mass is 10.1. The molecule has 0 saturated carbocycles. The number of amides is 1. The number of piperidine rings is 1. The second-order valence-corrected chi connectivity index (χ2v) is 6.37. The van der Waals surface area contributed by atoms with Gasteiger partial charge in [0.25, 0.3) is 5.91 Å². The van der Waals surface area contributed by atoms with Gasteiger partial charge in [-0.3, -0.25) is 9.78 Å². The van der Waals surface area contributed by atoms with Crippen LogP contribution in [0.4, 0.5) is 11.4 Å². The molecule has 1 fully saturated rings. The number of rotatable bonds is 4. The summed E-state index contributed by atoms with van der Waals surface area (Å²) < 4.78 is 0. The zero-order chi connectivity index (χ0) is 16.9. The van der Waals surface area contributed by atoms with Crippen LogP contribution in [0.25, 0.3) is 0 Å². The molecule has 4 nitrogen and oxygen atoms in total. The fourth-order valence-electron chi connectivity index (χ4n) is 3.28. The number of benzene rings is 1. The zero-order valence-corrected chi connectivity index (χ0v) is 14.5. The van der Waals surface area contributed by atoms with Gasteiger partial charge in [0.15, 0.2) is 0 Å². The molecule has 0 spiro atoms. The molecule has 1 aromatic heterocycles. The Morgan fingerprint density at radius 1 is 1.12 bits per heavy atom. The number of aryl methyl sites for hydroxylation is 1. The molecule has 126 valence electrons. The Morgan fingerprint density at radius 3 is 2.62 bits per heavy atom. The van der Waals surface area contributed by atoms with E-state index in [9.17, 15) is 4.79 Å². The third kappa shape index (κ3) is 3.58. The van der Waals surface area contributed by atoms with Gasteiger partial charge in [-0.1, -0.05) is 12.1 Å². The molecule has 24 heavy (non-hydrogen) atoms. The minimum atomic E-state index is 0.101. The van der Waals surface area contributed by atoms with Gasteiger partial charge in [0.1, 0.15) is 0 Å². The van der Waals surface area contributed by atoms with Crippen LogP contribution in [0.3, 0.4) is 0 Å². The summed E-state index contributed by atoms with van der Waals surface area (Å²) in [5.74, 6) is 0.101. The monoisotopic (exact) mass is 323 g/mol. The second-order valence-electron chi connectivity index (χ2n) is 6.37. The predicted octanol–water partition coefficient (Wildman–Crippen LogP) is 4.17. The summed E-state index contributed by atoms with van der Waals surface area (Å²) in [6.45, 7) is 6.75. The Balaban J connectivity index is 1.87. The van der Waals surface area contributed by atoms with Crippen molar-refractivity contribution < 1.29 is 4.79 Å². The lowest BCUT2D eigenvalue weighted by molar-refractivity contribution is 0.0724. The predicted molar refractivity (Wildman–Crippen MR) is 97.9 cm³/mol. The number of anilines is 2. The minimum absolute atomic E-state index is 0.101. The maximum absolute atomic E-state index is 12.7. The standard InChI is InChI=1S/C20H25N3O/c1-3-23(18-9-7-8-16(2)12-18)19-13-17(14-21-15-19)20(24)22-10-5-4-6-11-22/h7-9,12-15H,3-6,10-11H2,1-2H3. The van der Waals surface area contributed by atoms with Crippen LogP contribution in [-0.2, 0) is 0 Å². The first-order valence-corrected chi connectivity index (χ1v) is 8.77. The molecule has 0 radical (unpaired) electrons. The molecular formula is C20H25N3O. The van der Waals surface area contributed by atoms with E-state index in [1.807, 2.05) is 17.2 Å². The van der Waals surface area contributed by atoms with Gasteiger partial charge in [-0.15, -0.1) is 0 Å². The first kappa shape index (κ1) is 16.5. The van der Waals surface area contributed by atoms with Crippen LogP contribution in [0.1, 0.15) is 42.1 Å². The van der Waals surface area contributed by atoms with Gasteiger partial charge < -0.3 is 9.80 Å². The van der Waals surface area contributed by atoms with Gasteiger partial charge in [0.05, 0.1) is 17.4 Å². The van der Waals surface area contributed by atoms with Crippen molar-refractivity contribution in [1.29, 1.82) is 0 Å². The van der Waals surface area contributed by atoms with Crippen molar-refractivity contribution in [2.45, 2.75) is 33.1 Å². The number of hydrogen-bond acceptors (Lipinski definition) is 3. The Labute approximate surface area is 144 Å². The number of carbonyl (C=O) groups is 1. The molecule has 0 N–H and O–H groups in total. The largest absolute Gasteiger partial charge is 0.340 e. The lowest BCUT2D eigenvalue weighted by Gasteiger charge is -2.27. The quantitative estimate of drug-likeness (QED) is 0.847. The number of nitrogens with zero attached hydrogens (tertiary/aromatic N) is 3. The molecule has 0 bridgehead atoms. The topological polar surface area (TPSA) is 36.4 Å². The average molecular weight is 323 g/mol. The van der Waals surface area contributed by atoms with Gasteiger partial charge in [0.2, 0.25) is 0 Å². The summed E-state index contributed by atoms with van der Waals surface area (Å²) in [5, 5.41) is 0. The highest BCUT2D eigenvalue weighted by molar-refractivity contribution is 5.95. The number of likely N-dealkylation sites (tertiary alicyclic amines) is 1. The van der Waals surface area contributed by atoms with Crippen LogP contribution in [0.5, 0.6) is 0 Å². The van der Waals surface area contributed by atoms with E-state index in [1.54, 1.807) is 6.20 Å². The average Bonchev–Trinajstić information content (AvgIpc) is 2.63. The molecule has 0 aliphatic carbocycles. The molecule has 4 heteroatoms. The van der Waals surface area contributed by atoms with Crippen LogP contribution in [0, 0.1) is 6.92 Å². The van der Waals surface area contributed by atoms with E-state index in [1.165, 1.54) is 12.0 Å². The smallest absolute Gasteiger partial charge is 0.255 e. The van der Waals surface area contributed by atoms with Crippen LogP contribution >= 0.6 is 0 Å². The molecule has 1 saturated heterocycles. The molecule has 1 amide bonds. The molecule has 0 atom stereocenters. The fraction of sp³-hybridized carbons (Fsp3) is 0.400. The third-order valence-electron chi connectivity index (χ3n) is 4.56. The van der Waals surface area contributed by atoms with Gasteiger partial charge in [0, 0.05) is 31.5 Å². The maximum atomic E-state index is 12.7. The second kappa shape index (κ2) is 7.47. The van der Waals surface area contributed by atoms with Gasteiger partial charge in [-0.2, -0.15) is 0 Å². The Hall–Kier alpha value is -2.36. The van der Waals surface area contributed by atoms with Gasteiger partial charge in [-0.25, -0.2) is 0 Å². The summed E-state index contributed by atoms with van der Waals surface area (Å²) in [5.41, 5.74) is 3.99. The van der Waals surface area contributed by atoms with E-state index in [2.05, 4.69) is 48.0 Å². The minimum Gasteiger partial charge on any atom is -0.340 e.